The third kappa shape index (κ3) is 4.40. The van der Waals surface area contributed by atoms with Crippen molar-refractivity contribution in [3.05, 3.63) is 95.9 Å². The Hall–Kier alpha value is -3.44. The van der Waals surface area contributed by atoms with Crippen LogP contribution >= 0.6 is 11.3 Å². The van der Waals surface area contributed by atoms with Crippen molar-refractivity contribution < 1.29 is 4.74 Å². The summed E-state index contributed by atoms with van der Waals surface area (Å²) in [7, 11) is 0. The summed E-state index contributed by atoms with van der Waals surface area (Å²) in [5.41, 5.74) is 5.91. The largest absolute Gasteiger partial charge is 0.457 e. The van der Waals surface area contributed by atoms with Crippen LogP contribution in [0.3, 0.4) is 0 Å². The number of anilines is 1. The van der Waals surface area contributed by atoms with Gasteiger partial charge in [-0.2, -0.15) is 5.10 Å². The zero-order valence-electron chi connectivity index (χ0n) is 14.4. The summed E-state index contributed by atoms with van der Waals surface area (Å²) in [6.07, 6.45) is 1.74. The summed E-state index contributed by atoms with van der Waals surface area (Å²) in [6.45, 7) is 0. The molecule has 0 radical (unpaired) electrons. The van der Waals surface area contributed by atoms with E-state index in [1.165, 1.54) is 11.3 Å². The second-order valence-electron chi connectivity index (χ2n) is 5.73. The van der Waals surface area contributed by atoms with Crippen LogP contribution in [0.5, 0.6) is 11.5 Å². The highest BCUT2D eigenvalue weighted by Crippen LogP contribution is 2.25. The van der Waals surface area contributed by atoms with Crippen LogP contribution in [-0.4, -0.2) is 11.2 Å². The molecule has 4 aromatic rings. The maximum absolute atomic E-state index is 5.94. The van der Waals surface area contributed by atoms with Gasteiger partial charge < -0.3 is 4.74 Å². The monoisotopic (exact) mass is 371 g/mol. The molecule has 27 heavy (non-hydrogen) atoms. The van der Waals surface area contributed by atoms with Crippen LogP contribution in [0.25, 0.3) is 11.3 Å². The quantitative estimate of drug-likeness (QED) is 0.331. The summed E-state index contributed by atoms with van der Waals surface area (Å²) in [6, 6.07) is 27.6. The van der Waals surface area contributed by atoms with E-state index in [1.807, 2.05) is 90.3 Å². The predicted octanol–water partition coefficient (Wildman–Crippen LogP) is 6.05. The van der Waals surface area contributed by atoms with Crippen LogP contribution in [0.1, 0.15) is 5.56 Å². The van der Waals surface area contributed by atoms with Crippen molar-refractivity contribution in [3.63, 3.8) is 0 Å². The van der Waals surface area contributed by atoms with Crippen LogP contribution in [0, 0.1) is 0 Å². The Morgan fingerprint density at radius 1 is 0.852 bits per heavy atom. The minimum atomic E-state index is 0.742. The van der Waals surface area contributed by atoms with Crippen molar-refractivity contribution in [2.24, 2.45) is 5.10 Å². The summed E-state index contributed by atoms with van der Waals surface area (Å²) < 4.78 is 5.94. The molecule has 5 heteroatoms. The number of hydrogen-bond donors (Lipinski definition) is 1. The molecule has 1 N–H and O–H groups in total. The third-order valence-corrected chi connectivity index (χ3v) is 4.57. The summed E-state index contributed by atoms with van der Waals surface area (Å²) in [5.74, 6) is 1.54. The van der Waals surface area contributed by atoms with Gasteiger partial charge in [0.25, 0.3) is 0 Å². The number of aromatic nitrogens is 1. The highest BCUT2D eigenvalue weighted by molar-refractivity contribution is 7.14. The molecule has 0 saturated heterocycles. The number of nitrogens with one attached hydrogen (secondary N) is 1. The van der Waals surface area contributed by atoms with Crippen molar-refractivity contribution >= 4 is 22.7 Å². The van der Waals surface area contributed by atoms with E-state index < -0.39 is 0 Å². The topological polar surface area (TPSA) is 46.5 Å². The van der Waals surface area contributed by atoms with Crippen LogP contribution in [0.4, 0.5) is 5.13 Å². The van der Waals surface area contributed by atoms with Crippen molar-refractivity contribution in [1.82, 2.24) is 4.98 Å². The van der Waals surface area contributed by atoms with Crippen LogP contribution < -0.4 is 10.2 Å². The molecule has 0 aliphatic carbocycles. The minimum Gasteiger partial charge on any atom is -0.457 e. The lowest BCUT2D eigenvalue weighted by Crippen LogP contribution is -1.93. The van der Waals surface area contributed by atoms with Gasteiger partial charge in [-0.05, 0) is 24.3 Å². The lowest BCUT2D eigenvalue weighted by atomic mass is 10.2. The van der Waals surface area contributed by atoms with Gasteiger partial charge in [-0.25, -0.2) is 4.98 Å². The molecule has 4 rings (SSSR count). The number of thiazole rings is 1. The van der Waals surface area contributed by atoms with E-state index >= 15 is 0 Å². The van der Waals surface area contributed by atoms with E-state index in [0.717, 1.165) is 33.5 Å². The molecule has 0 bridgehead atoms. The zero-order valence-corrected chi connectivity index (χ0v) is 15.3. The maximum Gasteiger partial charge on any atom is 0.203 e. The Balaban J connectivity index is 1.46. The summed E-state index contributed by atoms with van der Waals surface area (Å²) in [4.78, 5) is 4.56. The van der Waals surface area contributed by atoms with E-state index in [1.54, 1.807) is 6.21 Å². The second-order valence-corrected chi connectivity index (χ2v) is 6.58. The molecule has 0 saturated carbocycles. The van der Waals surface area contributed by atoms with Gasteiger partial charge in [0.15, 0.2) is 0 Å². The Morgan fingerprint density at radius 2 is 1.56 bits per heavy atom. The number of hydrogen-bond acceptors (Lipinski definition) is 5. The molecule has 0 amide bonds. The molecule has 0 spiro atoms. The molecule has 0 unspecified atom stereocenters. The van der Waals surface area contributed by atoms with E-state index in [9.17, 15) is 0 Å². The minimum absolute atomic E-state index is 0.742. The van der Waals surface area contributed by atoms with Crippen molar-refractivity contribution in [2.75, 3.05) is 5.43 Å². The Labute approximate surface area is 161 Å². The molecule has 0 fully saturated rings. The number of nitrogens with zero attached hydrogens (tertiary/aromatic N) is 2. The first-order chi connectivity index (χ1) is 13.4. The van der Waals surface area contributed by atoms with Gasteiger partial charge >= 0.3 is 0 Å². The normalized spacial score (nSPS) is 10.8. The van der Waals surface area contributed by atoms with Crippen molar-refractivity contribution in [1.29, 1.82) is 0 Å². The van der Waals surface area contributed by atoms with E-state index in [4.69, 9.17) is 4.74 Å². The number of hydrazone groups is 1. The van der Waals surface area contributed by atoms with E-state index in [0.29, 0.717) is 0 Å². The average molecular weight is 371 g/mol. The standard InChI is InChI=1S/C22H17N3OS/c1-3-9-17(10-4-1)20-16-27-22(24-20)25-23-15-18-11-7-8-14-21(18)26-19-12-5-2-6-13-19/h1-16H,(H,24,25). The molecular weight excluding hydrogens is 354 g/mol. The predicted molar refractivity (Wildman–Crippen MR) is 112 cm³/mol. The molecule has 4 nitrogen and oxygen atoms in total. The molecule has 1 heterocycles. The van der Waals surface area contributed by atoms with Gasteiger partial charge in [0.1, 0.15) is 11.5 Å². The number of para-hydroxylation sites is 2. The second kappa shape index (κ2) is 8.29. The fraction of sp³-hybridized carbons (Fsp3) is 0. The number of rotatable bonds is 6. The van der Waals surface area contributed by atoms with Gasteiger partial charge in [-0.1, -0.05) is 60.7 Å². The number of ether oxygens (including phenoxy) is 1. The third-order valence-electron chi connectivity index (χ3n) is 3.83. The first kappa shape index (κ1) is 17.0. The Bertz CT molecular complexity index is 1030. The zero-order chi connectivity index (χ0) is 18.3. The van der Waals surface area contributed by atoms with Gasteiger partial charge in [0.2, 0.25) is 5.13 Å². The highest BCUT2D eigenvalue weighted by atomic mass is 32.1. The summed E-state index contributed by atoms with van der Waals surface area (Å²) >= 11 is 1.52. The lowest BCUT2D eigenvalue weighted by Gasteiger charge is -2.08. The lowest BCUT2D eigenvalue weighted by molar-refractivity contribution is 0.482. The van der Waals surface area contributed by atoms with Gasteiger partial charge in [0.05, 0.1) is 11.9 Å². The number of benzene rings is 3. The van der Waals surface area contributed by atoms with E-state index in [-0.39, 0.29) is 0 Å². The first-order valence-corrected chi connectivity index (χ1v) is 9.38. The van der Waals surface area contributed by atoms with Crippen LogP contribution in [0.15, 0.2) is 95.4 Å². The molecule has 0 atom stereocenters. The van der Waals surface area contributed by atoms with Gasteiger partial charge in [-0.15, -0.1) is 11.3 Å². The molecule has 0 aliphatic heterocycles. The highest BCUT2D eigenvalue weighted by Gasteiger charge is 2.04. The van der Waals surface area contributed by atoms with Crippen molar-refractivity contribution in [3.8, 4) is 22.8 Å². The van der Waals surface area contributed by atoms with Crippen LogP contribution in [0.2, 0.25) is 0 Å². The fourth-order valence-corrected chi connectivity index (χ4v) is 3.19. The van der Waals surface area contributed by atoms with E-state index in [2.05, 4.69) is 15.5 Å². The molecule has 0 aliphatic rings. The molecule has 3 aromatic carbocycles. The SMILES string of the molecule is C(=NNc1nc(-c2ccccc2)cs1)c1ccccc1Oc1ccccc1. The van der Waals surface area contributed by atoms with Gasteiger partial charge in [0, 0.05) is 16.5 Å². The smallest absolute Gasteiger partial charge is 0.203 e. The molecular formula is C22H17N3OS. The van der Waals surface area contributed by atoms with Gasteiger partial charge in [-0.3, -0.25) is 5.43 Å². The Morgan fingerprint density at radius 3 is 2.37 bits per heavy atom. The average Bonchev–Trinajstić information content (AvgIpc) is 3.20. The summed E-state index contributed by atoms with van der Waals surface area (Å²) in [5, 5.41) is 7.07. The fourth-order valence-electron chi connectivity index (χ4n) is 2.52. The maximum atomic E-state index is 5.94. The van der Waals surface area contributed by atoms with Crippen molar-refractivity contribution in [2.45, 2.75) is 0 Å². The molecule has 1 aromatic heterocycles. The Kier molecular flexibility index (Phi) is 5.22. The molecule has 132 valence electrons. The van der Waals surface area contributed by atoms with Crippen LogP contribution in [-0.2, 0) is 0 Å². The first-order valence-electron chi connectivity index (χ1n) is 8.50.